The molecular weight excluding hydrogens is 366 g/mol. The quantitative estimate of drug-likeness (QED) is 0.614. The number of ether oxygens (including phenoxy) is 2. The van der Waals surface area contributed by atoms with Crippen LogP contribution < -0.4 is 10.5 Å². The van der Waals surface area contributed by atoms with Crippen molar-refractivity contribution in [3.8, 4) is 5.75 Å². The molecule has 0 aromatic heterocycles. The third kappa shape index (κ3) is 2.57. The molecule has 2 aromatic rings. The van der Waals surface area contributed by atoms with Crippen molar-refractivity contribution in [1.82, 2.24) is 0 Å². The number of nitrogens with two attached hydrogens (primary N) is 1. The van der Waals surface area contributed by atoms with Gasteiger partial charge in [-0.05, 0) is 41.0 Å². The Kier molecular flexibility index (Phi) is 4.17. The molecule has 0 saturated carbocycles. The molecule has 2 atom stereocenters. The van der Waals surface area contributed by atoms with Gasteiger partial charge in [0.2, 0.25) is 0 Å². The molecule has 2 aliphatic carbocycles. The first-order chi connectivity index (χ1) is 13.3. The number of aliphatic hydroxyl groups excluding tert-OH is 2. The highest BCUT2D eigenvalue weighted by Gasteiger charge is 2.40. The molecule has 0 bridgehead atoms. The van der Waals surface area contributed by atoms with Crippen molar-refractivity contribution in [2.75, 3.05) is 7.11 Å². The van der Waals surface area contributed by atoms with Gasteiger partial charge in [0.15, 0.2) is 11.6 Å². The fourth-order valence-electron chi connectivity index (χ4n) is 3.93. The van der Waals surface area contributed by atoms with Crippen LogP contribution in [0.5, 0.6) is 5.75 Å². The van der Waals surface area contributed by atoms with Crippen molar-refractivity contribution in [2.24, 2.45) is 5.73 Å². The molecule has 2 aromatic carbocycles. The summed E-state index contributed by atoms with van der Waals surface area (Å²) < 4.78 is 9.97. The Balaban J connectivity index is 1.94. The fraction of sp³-hybridized carbons (Fsp3) is 0.250. The molecular formula is C20H17NO7. The topological polar surface area (TPSA) is 136 Å². The molecule has 1 amide bonds. The minimum atomic E-state index is -1.26. The van der Waals surface area contributed by atoms with E-state index >= 15 is 0 Å². The predicted molar refractivity (Wildman–Crippen MR) is 95.3 cm³/mol. The molecule has 0 fully saturated rings. The number of fused-ring (bicyclic) bond motifs is 4. The number of carbonyl (C=O) groups is 3. The summed E-state index contributed by atoms with van der Waals surface area (Å²) >= 11 is 0. The van der Waals surface area contributed by atoms with Crippen molar-refractivity contribution in [1.29, 1.82) is 0 Å². The minimum Gasteiger partial charge on any atom is -0.497 e. The SMILES string of the molecule is COc1ccc2c(c1)C(=O)c1cc(COC(N)=O)c3c(c1C2=O)CC(O)C3O. The molecule has 0 spiro atoms. The Hall–Kier alpha value is -3.23. The fourth-order valence-corrected chi connectivity index (χ4v) is 3.93. The van der Waals surface area contributed by atoms with Crippen LogP contribution in [-0.4, -0.2) is 41.1 Å². The zero-order chi connectivity index (χ0) is 20.2. The van der Waals surface area contributed by atoms with Gasteiger partial charge >= 0.3 is 6.09 Å². The highest BCUT2D eigenvalue weighted by Crippen LogP contribution is 2.42. The number of hydrogen-bond acceptors (Lipinski definition) is 7. The van der Waals surface area contributed by atoms with Crippen LogP contribution >= 0.6 is 0 Å². The highest BCUT2D eigenvalue weighted by molar-refractivity contribution is 6.29. The summed E-state index contributed by atoms with van der Waals surface area (Å²) in [4.78, 5) is 37.3. The summed E-state index contributed by atoms with van der Waals surface area (Å²) in [6.45, 7) is -0.291. The molecule has 28 heavy (non-hydrogen) atoms. The molecule has 0 saturated heterocycles. The van der Waals surface area contributed by atoms with Crippen LogP contribution in [0.1, 0.15) is 54.6 Å². The van der Waals surface area contributed by atoms with Crippen LogP contribution in [0.3, 0.4) is 0 Å². The van der Waals surface area contributed by atoms with Gasteiger partial charge in [0.1, 0.15) is 18.5 Å². The van der Waals surface area contributed by atoms with Gasteiger partial charge < -0.3 is 25.4 Å². The van der Waals surface area contributed by atoms with Crippen LogP contribution in [0, 0.1) is 0 Å². The summed E-state index contributed by atoms with van der Waals surface area (Å²) in [6, 6.07) is 6.03. The minimum absolute atomic E-state index is 0.00769. The second-order valence-electron chi connectivity index (χ2n) is 6.74. The lowest BCUT2D eigenvalue weighted by Crippen LogP contribution is -2.24. The second-order valence-corrected chi connectivity index (χ2v) is 6.74. The summed E-state index contributed by atoms with van der Waals surface area (Å²) in [5.41, 5.74) is 6.77. The Morgan fingerprint density at radius 2 is 1.89 bits per heavy atom. The van der Waals surface area contributed by atoms with Crippen molar-refractivity contribution < 1.29 is 34.1 Å². The lowest BCUT2D eigenvalue weighted by Gasteiger charge is -2.23. The second kappa shape index (κ2) is 6.43. The maximum atomic E-state index is 13.1. The third-order valence-electron chi connectivity index (χ3n) is 5.19. The largest absolute Gasteiger partial charge is 0.497 e. The lowest BCUT2D eigenvalue weighted by atomic mass is 9.79. The Labute approximate surface area is 159 Å². The first-order valence-corrected chi connectivity index (χ1v) is 8.58. The van der Waals surface area contributed by atoms with E-state index in [0.717, 1.165) is 0 Å². The molecule has 0 heterocycles. The molecule has 2 unspecified atom stereocenters. The summed E-state index contributed by atoms with van der Waals surface area (Å²) in [7, 11) is 1.46. The number of methoxy groups -OCH3 is 1. The zero-order valence-corrected chi connectivity index (χ0v) is 14.9. The summed E-state index contributed by atoms with van der Waals surface area (Å²) in [5.74, 6) is -0.317. The number of primary amides is 1. The van der Waals surface area contributed by atoms with Gasteiger partial charge in [-0.3, -0.25) is 9.59 Å². The molecule has 8 nitrogen and oxygen atoms in total. The maximum absolute atomic E-state index is 13.1. The van der Waals surface area contributed by atoms with Crippen LogP contribution in [0.4, 0.5) is 4.79 Å². The summed E-state index contributed by atoms with van der Waals surface area (Å²) in [5, 5.41) is 20.5. The average Bonchev–Trinajstić information content (AvgIpc) is 2.98. The number of carbonyl (C=O) groups excluding carboxylic acids is 3. The number of aliphatic hydroxyl groups is 2. The Morgan fingerprint density at radius 1 is 1.14 bits per heavy atom. The van der Waals surface area contributed by atoms with E-state index < -0.39 is 18.3 Å². The monoisotopic (exact) mass is 383 g/mol. The van der Waals surface area contributed by atoms with Gasteiger partial charge in [-0.15, -0.1) is 0 Å². The van der Waals surface area contributed by atoms with E-state index in [0.29, 0.717) is 22.4 Å². The van der Waals surface area contributed by atoms with Gasteiger partial charge in [0, 0.05) is 28.7 Å². The van der Waals surface area contributed by atoms with Gasteiger partial charge in [-0.2, -0.15) is 0 Å². The number of ketones is 2. The standard InChI is InChI=1S/C20H17NO7/c1-27-9-2-3-10-11(5-9)17(23)13-4-8(7-28-20(21)26)15-12(16(13)18(10)24)6-14(22)19(15)25/h2-5,14,19,22,25H,6-7H2,1H3,(H2,21,26). The third-order valence-corrected chi connectivity index (χ3v) is 5.19. The van der Waals surface area contributed by atoms with Gasteiger partial charge in [0.05, 0.1) is 13.2 Å². The molecule has 0 radical (unpaired) electrons. The van der Waals surface area contributed by atoms with E-state index in [1.54, 1.807) is 6.07 Å². The Bertz CT molecular complexity index is 1040. The smallest absolute Gasteiger partial charge is 0.404 e. The zero-order valence-electron chi connectivity index (χ0n) is 14.9. The van der Waals surface area contributed by atoms with Gasteiger partial charge in [-0.1, -0.05) is 0 Å². The maximum Gasteiger partial charge on any atom is 0.404 e. The molecule has 4 N–H and O–H groups in total. The van der Waals surface area contributed by atoms with E-state index in [2.05, 4.69) is 0 Å². The van der Waals surface area contributed by atoms with Crippen molar-refractivity contribution >= 4 is 17.7 Å². The molecule has 2 aliphatic rings. The van der Waals surface area contributed by atoms with Crippen LogP contribution in [-0.2, 0) is 17.8 Å². The van der Waals surface area contributed by atoms with Crippen LogP contribution in [0.25, 0.3) is 0 Å². The van der Waals surface area contributed by atoms with Gasteiger partial charge in [0.25, 0.3) is 0 Å². The van der Waals surface area contributed by atoms with Gasteiger partial charge in [-0.25, -0.2) is 4.79 Å². The molecule has 0 aliphatic heterocycles. The molecule has 4 rings (SSSR count). The van der Waals surface area contributed by atoms with Crippen molar-refractivity contribution in [2.45, 2.75) is 25.2 Å². The van der Waals surface area contributed by atoms with E-state index in [4.69, 9.17) is 15.2 Å². The lowest BCUT2D eigenvalue weighted by molar-refractivity contribution is 0.0315. The molecule has 8 heteroatoms. The highest BCUT2D eigenvalue weighted by atomic mass is 16.5. The van der Waals surface area contributed by atoms with Crippen molar-refractivity contribution in [3.63, 3.8) is 0 Å². The van der Waals surface area contributed by atoms with E-state index in [1.807, 2.05) is 0 Å². The van der Waals surface area contributed by atoms with Crippen molar-refractivity contribution in [3.05, 3.63) is 63.2 Å². The average molecular weight is 383 g/mol. The number of benzene rings is 2. The van der Waals surface area contributed by atoms with Crippen LogP contribution in [0.2, 0.25) is 0 Å². The number of amides is 1. The number of rotatable bonds is 3. The van der Waals surface area contributed by atoms with E-state index in [9.17, 15) is 24.6 Å². The molecule has 144 valence electrons. The normalized spacial score (nSPS) is 19.7. The summed E-state index contributed by atoms with van der Waals surface area (Å²) in [6.07, 6.45) is -3.40. The van der Waals surface area contributed by atoms with E-state index in [1.165, 1.54) is 25.3 Å². The predicted octanol–water partition coefficient (Wildman–Crippen LogP) is 1.02. The van der Waals surface area contributed by atoms with E-state index in [-0.39, 0.29) is 46.8 Å². The first-order valence-electron chi connectivity index (χ1n) is 8.58. The Morgan fingerprint density at radius 3 is 2.57 bits per heavy atom. The first kappa shape index (κ1) is 18.1. The number of hydrogen-bond donors (Lipinski definition) is 3. The van der Waals surface area contributed by atoms with Crippen LogP contribution in [0.15, 0.2) is 24.3 Å².